The molecule has 3 unspecified atom stereocenters. The number of nitrogens with zero attached hydrogens (tertiary/aromatic N) is 1. The zero-order valence-electron chi connectivity index (χ0n) is 11.4. The molecule has 2 nitrogen and oxygen atoms in total. The average molecular weight is 251 g/mol. The number of aliphatic hydroxyl groups is 1. The summed E-state index contributed by atoms with van der Waals surface area (Å²) in [5.74, 6) is 1.03. The first-order chi connectivity index (χ1) is 8.39. The molecule has 1 aromatic rings. The molecule has 3 atom stereocenters. The fourth-order valence-corrected chi connectivity index (χ4v) is 3.33. The molecule has 0 saturated heterocycles. The van der Waals surface area contributed by atoms with Crippen LogP contribution in [-0.2, 0) is 5.60 Å². The van der Waals surface area contributed by atoms with Crippen molar-refractivity contribution < 1.29 is 9.50 Å². The topological polar surface area (TPSA) is 33.1 Å². The number of hydrogen-bond acceptors (Lipinski definition) is 2. The molecule has 1 fully saturated rings. The SMILES string of the molecule is CC1CC(C)CC(C(C)(O)c2cncc(F)c2)C1. The highest BCUT2D eigenvalue weighted by Gasteiger charge is 2.38. The van der Waals surface area contributed by atoms with E-state index in [0.29, 0.717) is 17.4 Å². The van der Waals surface area contributed by atoms with E-state index in [1.54, 1.807) is 13.1 Å². The molecule has 18 heavy (non-hydrogen) atoms. The molecule has 1 aliphatic rings. The summed E-state index contributed by atoms with van der Waals surface area (Å²) in [6.07, 6.45) is 5.95. The molecule has 0 radical (unpaired) electrons. The van der Waals surface area contributed by atoms with Gasteiger partial charge < -0.3 is 5.11 Å². The van der Waals surface area contributed by atoms with Gasteiger partial charge in [-0.2, -0.15) is 0 Å². The molecular weight excluding hydrogens is 229 g/mol. The van der Waals surface area contributed by atoms with Gasteiger partial charge in [0.2, 0.25) is 0 Å². The van der Waals surface area contributed by atoms with Crippen LogP contribution in [0.5, 0.6) is 0 Å². The van der Waals surface area contributed by atoms with E-state index >= 15 is 0 Å². The van der Waals surface area contributed by atoms with Crippen LogP contribution in [0, 0.1) is 23.6 Å². The zero-order chi connectivity index (χ0) is 13.3. The van der Waals surface area contributed by atoms with Crippen LogP contribution in [0.2, 0.25) is 0 Å². The van der Waals surface area contributed by atoms with Gasteiger partial charge in [-0.15, -0.1) is 0 Å². The smallest absolute Gasteiger partial charge is 0.141 e. The van der Waals surface area contributed by atoms with Gasteiger partial charge in [-0.05, 0) is 50.0 Å². The minimum atomic E-state index is -0.988. The van der Waals surface area contributed by atoms with Crippen LogP contribution < -0.4 is 0 Å². The predicted molar refractivity (Wildman–Crippen MR) is 69.4 cm³/mol. The number of aromatic nitrogens is 1. The average Bonchev–Trinajstić information content (AvgIpc) is 2.27. The van der Waals surface area contributed by atoms with Crippen molar-refractivity contribution in [1.29, 1.82) is 0 Å². The lowest BCUT2D eigenvalue weighted by atomic mass is 9.68. The summed E-state index contributed by atoms with van der Waals surface area (Å²) in [6, 6.07) is 1.40. The molecule has 0 aliphatic heterocycles. The first-order valence-corrected chi connectivity index (χ1v) is 6.73. The predicted octanol–water partition coefficient (Wildman–Crippen LogP) is 3.50. The fraction of sp³-hybridized carbons (Fsp3) is 0.667. The molecule has 100 valence electrons. The maximum Gasteiger partial charge on any atom is 0.141 e. The van der Waals surface area contributed by atoms with E-state index in [0.717, 1.165) is 12.8 Å². The van der Waals surface area contributed by atoms with Gasteiger partial charge in [0.15, 0.2) is 0 Å². The Hall–Kier alpha value is -0.960. The Morgan fingerprint density at radius 3 is 2.39 bits per heavy atom. The largest absolute Gasteiger partial charge is 0.385 e. The van der Waals surface area contributed by atoms with Gasteiger partial charge >= 0.3 is 0 Å². The summed E-state index contributed by atoms with van der Waals surface area (Å²) in [5.41, 5.74) is -0.397. The molecule has 1 N–H and O–H groups in total. The van der Waals surface area contributed by atoms with Crippen molar-refractivity contribution in [1.82, 2.24) is 4.98 Å². The van der Waals surface area contributed by atoms with Crippen molar-refractivity contribution >= 4 is 0 Å². The summed E-state index contributed by atoms with van der Waals surface area (Å²) in [6.45, 7) is 6.24. The third-order valence-corrected chi connectivity index (χ3v) is 4.26. The molecule has 1 aromatic heterocycles. The Kier molecular flexibility index (Phi) is 3.71. The Bertz CT molecular complexity index is 409. The van der Waals surface area contributed by atoms with Gasteiger partial charge in [0.1, 0.15) is 5.82 Å². The second kappa shape index (κ2) is 4.96. The quantitative estimate of drug-likeness (QED) is 0.872. The van der Waals surface area contributed by atoms with Crippen molar-refractivity contribution in [2.24, 2.45) is 17.8 Å². The van der Waals surface area contributed by atoms with E-state index in [4.69, 9.17) is 0 Å². The lowest BCUT2D eigenvalue weighted by Gasteiger charge is -2.40. The van der Waals surface area contributed by atoms with Crippen LogP contribution in [0.3, 0.4) is 0 Å². The van der Waals surface area contributed by atoms with Gasteiger partial charge in [0.25, 0.3) is 0 Å². The van der Waals surface area contributed by atoms with Gasteiger partial charge in [0, 0.05) is 11.8 Å². The second-order valence-corrected chi connectivity index (χ2v) is 6.15. The summed E-state index contributed by atoms with van der Waals surface area (Å²) < 4.78 is 13.2. The molecule has 1 saturated carbocycles. The Morgan fingerprint density at radius 2 is 1.83 bits per heavy atom. The van der Waals surface area contributed by atoms with E-state index in [1.165, 1.54) is 18.7 Å². The minimum absolute atomic E-state index is 0.180. The van der Waals surface area contributed by atoms with E-state index in [1.807, 2.05) is 0 Å². The van der Waals surface area contributed by atoms with Gasteiger partial charge in [-0.25, -0.2) is 4.39 Å². The Labute approximate surface area is 108 Å². The minimum Gasteiger partial charge on any atom is -0.385 e. The molecular formula is C15H22FNO. The molecule has 0 spiro atoms. The molecule has 2 rings (SSSR count). The van der Waals surface area contributed by atoms with Gasteiger partial charge in [0.05, 0.1) is 11.8 Å². The van der Waals surface area contributed by atoms with E-state index in [2.05, 4.69) is 18.8 Å². The van der Waals surface area contributed by atoms with Crippen LogP contribution in [0.15, 0.2) is 18.5 Å². The van der Waals surface area contributed by atoms with Gasteiger partial charge in [-0.1, -0.05) is 13.8 Å². The van der Waals surface area contributed by atoms with Gasteiger partial charge in [-0.3, -0.25) is 4.98 Å². The highest BCUT2D eigenvalue weighted by Crippen LogP contribution is 2.43. The lowest BCUT2D eigenvalue weighted by Crippen LogP contribution is -2.37. The van der Waals surface area contributed by atoms with E-state index < -0.39 is 5.60 Å². The van der Waals surface area contributed by atoms with Crippen LogP contribution in [0.1, 0.15) is 45.6 Å². The normalized spacial score (nSPS) is 31.9. The van der Waals surface area contributed by atoms with Crippen LogP contribution in [0.25, 0.3) is 0 Å². The standard InChI is InChI=1S/C15H22FNO/c1-10-4-11(2)6-12(5-10)15(3,18)13-7-14(16)9-17-8-13/h7-12,18H,4-6H2,1-3H3. The molecule has 3 heteroatoms. The maximum atomic E-state index is 13.2. The van der Waals surface area contributed by atoms with Crippen molar-refractivity contribution in [3.63, 3.8) is 0 Å². The van der Waals surface area contributed by atoms with Crippen molar-refractivity contribution in [2.45, 2.75) is 45.6 Å². The summed E-state index contributed by atoms with van der Waals surface area (Å²) in [4.78, 5) is 3.85. The zero-order valence-corrected chi connectivity index (χ0v) is 11.4. The molecule has 0 aromatic carbocycles. The lowest BCUT2D eigenvalue weighted by molar-refractivity contribution is -0.0391. The van der Waals surface area contributed by atoms with Crippen LogP contribution in [0.4, 0.5) is 4.39 Å². The first kappa shape index (κ1) is 13.5. The van der Waals surface area contributed by atoms with Crippen molar-refractivity contribution in [2.75, 3.05) is 0 Å². The van der Waals surface area contributed by atoms with Crippen molar-refractivity contribution in [3.05, 3.63) is 29.8 Å². The summed E-state index contributed by atoms with van der Waals surface area (Å²) >= 11 is 0. The third-order valence-electron chi connectivity index (χ3n) is 4.26. The molecule has 1 aliphatic carbocycles. The first-order valence-electron chi connectivity index (χ1n) is 6.73. The number of rotatable bonds is 2. The molecule has 1 heterocycles. The number of halogens is 1. The second-order valence-electron chi connectivity index (χ2n) is 6.15. The summed E-state index contributed by atoms with van der Waals surface area (Å²) in [7, 11) is 0. The fourth-order valence-electron chi connectivity index (χ4n) is 3.33. The number of hydrogen-bond donors (Lipinski definition) is 1. The highest BCUT2D eigenvalue weighted by atomic mass is 19.1. The van der Waals surface area contributed by atoms with Crippen molar-refractivity contribution in [3.8, 4) is 0 Å². The van der Waals surface area contributed by atoms with Crippen LogP contribution in [-0.4, -0.2) is 10.1 Å². The Balaban J connectivity index is 2.24. The third kappa shape index (κ3) is 2.72. The molecule has 0 bridgehead atoms. The number of pyridine rings is 1. The van der Waals surface area contributed by atoms with E-state index in [9.17, 15) is 9.50 Å². The Morgan fingerprint density at radius 1 is 1.22 bits per heavy atom. The monoisotopic (exact) mass is 251 g/mol. The van der Waals surface area contributed by atoms with E-state index in [-0.39, 0.29) is 11.7 Å². The maximum absolute atomic E-state index is 13.2. The van der Waals surface area contributed by atoms with Crippen LogP contribution >= 0.6 is 0 Å². The summed E-state index contributed by atoms with van der Waals surface area (Å²) in [5, 5.41) is 10.8. The highest BCUT2D eigenvalue weighted by molar-refractivity contribution is 5.19. The molecule has 0 amide bonds.